The van der Waals surface area contributed by atoms with Gasteiger partial charge >= 0.3 is 6.18 Å². The van der Waals surface area contributed by atoms with Crippen LogP contribution in [-0.4, -0.2) is 16.2 Å². The van der Waals surface area contributed by atoms with Gasteiger partial charge in [0, 0.05) is 6.20 Å². The van der Waals surface area contributed by atoms with Crippen molar-refractivity contribution in [2.45, 2.75) is 25.2 Å². The molecule has 3 N–H and O–H groups in total. The number of aromatic nitrogens is 1. The second-order valence-electron chi connectivity index (χ2n) is 3.24. The number of nitrogens with two attached hydrogens (primary N) is 1. The fraction of sp³-hybridized carbons (Fsp3) is 0.444. The quantitative estimate of drug-likeness (QED) is 0.793. The number of hydrogen-bond donors (Lipinski definition) is 2. The summed E-state index contributed by atoms with van der Waals surface area (Å²) in [6.07, 6.45) is -4.55. The average molecular weight is 220 g/mol. The van der Waals surface area contributed by atoms with E-state index in [0.29, 0.717) is 6.20 Å². The Kier molecular flexibility index (Phi) is 3.31. The molecule has 0 fully saturated rings. The van der Waals surface area contributed by atoms with Crippen molar-refractivity contribution < 1.29 is 18.3 Å². The molecule has 0 spiro atoms. The van der Waals surface area contributed by atoms with Crippen molar-refractivity contribution in [2.75, 3.05) is 0 Å². The zero-order valence-electron chi connectivity index (χ0n) is 7.99. The molecule has 1 aromatic heterocycles. The predicted octanol–water partition coefficient (Wildman–Crippen LogP) is 1.48. The van der Waals surface area contributed by atoms with E-state index in [1.807, 2.05) is 0 Å². The van der Waals surface area contributed by atoms with Gasteiger partial charge in [-0.1, -0.05) is 0 Å². The van der Waals surface area contributed by atoms with Gasteiger partial charge in [0.2, 0.25) is 0 Å². The summed E-state index contributed by atoms with van der Waals surface area (Å²) in [4.78, 5) is 3.56. The summed E-state index contributed by atoms with van der Waals surface area (Å²) in [5.74, 6) is 0. The molecule has 15 heavy (non-hydrogen) atoms. The molecule has 0 aromatic carbocycles. The predicted molar refractivity (Wildman–Crippen MR) is 47.8 cm³/mol. The zero-order valence-corrected chi connectivity index (χ0v) is 7.99. The van der Waals surface area contributed by atoms with Gasteiger partial charge in [-0.3, -0.25) is 4.98 Å². The number of hydrogen-bond acceptors (Lipinski definition) is 3. The van der Waals surface area contributed by atoms with E-state index >= 15 is 0 Å². The van der Waals surface area contributed by atoms with Gasteiger partial charge in [-0.25, -0.2) is 0 Å². The second kappa shape index (κ2) is 4.16. The third-order valence-electron chi connectivity index (χ3n) is 1.97. The van der Waals surface area contributed by atoms with Gasteiger partial charge in [0.25, 0.3) is 0 Å². The van der Waals surface area contributed by atoms with Crippen LogP contribution in [0, 0.1) is 0 Å². The Labute approximate surface area is 84.7 Å². The van der Waals surface area contributed by atoms with Crippen molar-refractivity contribution >= 4 is 0 Å². The zero-order chi connectivity index (χ0) is 11.6. The van der Waals surface area contributed by atoms with Crippen LogP contribution in [0.2, 0.25) is 0 Å². The Morgan fingerprint density at radius 3 is 2.33 bits per heavy atom. The fourth-order valence-electron chi connectivity index (χ4n) is 1.02. The van der Waals surface area contributed by atoms with Crippen LogP contribution in [0.1, 0.15) is 24.2 Å². The molecule has 1 rings (SSSR count). The first-order valence-corrected chi connectivity index (χ1v) is 4.29. The standard InChI is InChI=1S/C9H11F3N2O/c1-5(15)8(13)7-3-2-6(4-14-7)9(10,11)12/h2-5,8,15H,13H2,1H3. The maximum absolute atomic E-state index is 12.2. The molecule has 0 bridgehead atoms. The van der Waals surface area contributed by atoms with Gasteiger partial charge in [-0.15, -0.1) is 0 Å². The van der Waals surface area contributed by atoms with Crippen molar-refractivity contribution in [3.63, 3.8) is 0 Å². The minimum atomic E-state index is -4.40. The largest absolute Gasteiger partial charge is 0.417 e. The van der Waals surface area contributed by atoms with E-state index in [-0.39, 0.29) is 5.69 Å². The second-order valence-corrected chi connectivity index (χ2v) is 3.24. The number of alkyl halides is 3. The Morgan fingerprint density at radius 1 is 1.40 bits per heavy atom. The number of halogens is 3. The van der Waals surface area contributed by atoms with E-state index in [2.05, 4.69) is 4.98 Å². The Bertz CT molecular complexity index is 321. The molecule has 0 amide bonds. The average Bonchev–Trinajstić information content (AvgIpc) is 2.15. The van der Waals surface area contributed by atoms with Crippen molar-refractivity contribution in [1.29, 1.82) is 0 Å². The molecule has 2 unspecified atom stereocenters. The highest BCUT2D eigenvalue weighted by atomic mass is 19.4. The van der Waals surface area contributed by atoms with Crippen LogP contribution >= 0.6 is 0 Å². The molecule has 0 saturated carbocycles. The van der Waals surface area contributed by atoms with Crippen LogP contribution in [0.15, 0.2) is 18.3 Å². The summed E-state index contributed by atoms with van der Waals surface area (Å²) in [7, 11) is 0. The van der Waals surface area contributed by atoms with Gasteiger partial charge in [0.15, 0.2) is 0 Å². The van der Waals surface area contributed by atoms with Crippen molar-refractivity contribution in [1.82, 2.24) is 4.98 Å². The van der Waals surface area contributed by atoms with Crippen molar-refractivity contribution in [3.8, 4) is 0 Å². The first-order chi connectivity index (χ1) is 6.82. The van der Waals surface area contributed by atoms with E-state index in [0.717, 1.165) is 6.07 Å². The summed E-state index contributed by atoms with van der Waals surface area (Å²) >= 11 is 0. The minimum Gasteiger partial charge on any atom is -0.391 e. The number of rotatable bonds is 2. The third-order valence-corrected chi connectivity index (χ3v) is 1.97. The lowest BCUT2D eigenvalue weighted by Gasteiger charge is -2.14. The Hall–Kier alpha value is -1.14. The van der Waals surface area contributed by atoms with Crippen LogP contribution in [0.3, 0.4) is 0 Å². The van der Waals surface area contributed by atoms with Crippen molar-refractivity contribution in [3.05, 3.63) is 29.6 Å². The van der Waals surface area contributed by atoms with Gasteiger partial charge in [-0.05, 0) is 19.1 Å². The first-order valence-electron chi connectivity index (χ1n) is 4.29. The van der Waals surface area contributed by atoms with Crippen LogP contribution < -0.4 is 5.73 Å². The van der Waals surface area contributed by atoms with E-state index in [1.54, 1.807) is 0 Å². The smallest absolute Gasteiger partial charge is 0.391 e. The van der Waals surface area contributed by atoms with Crippen LogP contribution in [-0.2, 0) is 6.18 Å². The number of aliphatic hydroxyl groups excluding tert-OH is 1. The molecule has 1 heterocycles. The molecular formula is C9H11F3N2O. The summed E-state index contributed by atoms with van der Waals surface area (Å²) in [5.41, 5.74) is 4.91. The van der Waals surface area contributed by atoms with Gasteiger partial charge < -0.3 is 10.8 Å². The fourth-order valence-corrected chi connectivity index (χ4v) is 1.02. The van der Waals surface area contributed by atoms with Crippen LogP contribution in [0.25, 0.3) is 0 Å². The van der Waals surface area contributed by atoms with Crippen molar-refractivity contribution in [2.24, 2.45) is 5.73 Å². The Morgan fingerprint density at radius 2 is 2.00 bits per heavy atom. The topological polar surface area (TPSA) is 59.1 Å². The van der Waals surface area contributed by atoms with Gasteiger partial charge in [0.1, 0.15) is 0 Å². The third kappa shape index (κ3) is 2.90. The molecule has 0 aliphatic carbocycles. The molecule has 0 saturated heterocycles. The molecule has 2 atom stereocenters. The molecular weight excluding hydrogens is 209 g/mol. The molecule has 1 aromatic rings. The van der Waals surface area contributed by atoms with E-state index in [4.69, 9.17) is 10.8 Å². The van der Waals surface area contributed by atoms with Gasteiger partial charge in [0.05, 0.1) is 23.4 Å². The summed E-state index contributed by atoms with van der Waals surface area (Å²) < 4.78 is 36.5. The molecule has 84 valence electrons. The van der Waals surface area contributed by atoms with Crippen LogP contribution in [0.5, 0.6) is 0 Å². The van der Waals surface area contributed by atoms with E-state index in [1.165, 1.54) is 13.0 Å². The maximum atomic E-state index is 12.2. The molecule has 0 radical (unpaired) electrons. The number of aliphatic hydroxyl groups is 1. The number of pyridine rings is 1. The Balaban J connectivity index is 2.91. The highest BCUT2D eigenvalue weighted by molar-refractivity contribution is 5.19. The van der Waals surface area contributed by atoms with E-state index < -0.39 is 23.9 Å². The lowest BCUT2D eigenvalue weighted by atomic mass is 10.1. The minimum absolute atomic E-state index is 0.234. The van der Waals surface area contributed by atoms with E-state index in [9.17, 15) is 13.2 Å². The highest BCUT2D eigenvalue weighted by Crippen LogP contribution is 2.28. The lowest BCUT2D eigenvalue weighted by molar-refractivity contribution is -0.137. The number of nitrogens with zero attached hydrogens (tertiary/aromatic N) is 1. The maximum Gasteiger partial charge on any atom is 0.417 e. The molecule has 0 aliphatic heterocycles. The summed E-state index contributed by atoms with van der Waals surface area (Å²) in [6.45, 7) is 1.45. The molecule has 0 aliphatic rings. The molecule has 3 nitrogen and oxygen atoms in total. The van der Waals surface area contributed by atoms with Crippen LogP contribution in [0.4, 0.5) is 13.2 Å². The SMILES string of the molecule is CC(O)C(N)c1ccc(C(F)(F)F)cn1. The highest BCUT2D eigenvalue weighted by Gasteiger charge is 2.30. The molecule has 6 heteroatoms. The van der Waals surface area contributed by atoms with Gasteiger partial charge in [-0.2, -0.15) is 13.2 Å². The summed E-state index contributed by atoms with van der Waals surface area (Å²) in [6, 6.07) is 1.29. The monoisotopic (exact) mass is 220 g/mol. The normalized spacial score (nSPS) is 16.1. The summed E-state index contributed by atoms with van der Waals surface area (Å²) in [5, 5.41) is 9.12. The first kappa shape index (κ1) is 11.9. The lowest BCUT2D eigenvalue weighted by Crippen LogP contribution is -2.24.